The molecule has 43 heavy (non-hydrogen) atoms. The Morgan fingerprint density at radius 1 is 0.442 bits per heavy atom. The van der Waals surface area contributed by atoms with Gasteiger partial charge in [0.25, 0.3) is 0 Å². The Balaban J connectivity index is 0.000000192. The van der Waals surface area contributed by atoms with Gasteiger partial charge in [-0.1, -0.05) is 107 Å². The van der Waals surface area contributed by atoms with E-state index in [2.05, 4.69) is 29.8 Å². The van der Waals surface area contributed by atoms with Gasteiger partial charge in [-0.05, 0) is 24.3 Å². The predicted molar refractivity (Wildman–Crippen MR) is 153 cm³/mol. The molecular formula is C28H20CoN6O6S2. The zero-order chi connectivity index (χ0) is 29.4. The van der Waals surface area contributed by atoms with Crippen LogP contribution < -0.4 is 0 Å². The molecule has 0 saturated heterocycles. The second-order valence-corrected chi connectivity index (χ2v) is 11.2. The van der Waals surface area contributed by atoms with Gasteiger partial charge in [0.15, 0.2) is 20.0 Å². The van der Waals surface area contributed by atoms with E-state index in [9.17, 15) is 16.8 Å². The van der Waals surface area contributed by atoms with Crippen LogP contribution >= 0.6 is 0 Å². The first-order chi connectivity index (χ1) is 20.3. The van der Waals surface area contributed by atoms with E-state index in [4.69, 9.17) is 8.83 Å². The van der Waals surface area contributed by atoms with E-state index in [0.717, 1.165) is 0 Å². The van der Waals surface area contributed by atoms with Crippen LogP contribution in [0.1, 0.15) is 0 Å². The van der Waals surface area contributed by atoms with Gasteiger partial charge in [0.05, 0.1) is 0 Å². The topological polar surface area (TPSA) is 174 Å². The Hall–Kier alpha value is -4.83. The normalized spacial score (nSPS) is 11.0. The van der Waals surface area contributed by atoms with Crippen LogP contribution in [-0.2, 0) is 36.8 Å². The summed E-state index contributed by atoms with van der Waals surface area (Å²) in [5.41, 5.74) is 1.89. The number of hydrogen-bond acceptors (Lipinski definition) is 10. The minimum Gasteiger partial charge on any atom is -0.569 e. The van der Waals surface area contributed by atoms with Gasteiger partial charge in [0.1, 0.15) is 0 Å². The molecular weight excluding hydrogens is 639 g/mol. The van der Waals surface area contributed by atoms with Gasteiger partial charge in [-0.2, -0.15) is 0 Å². The van der Waals surface area contributed by atoms with Crippen molar-refractivity contribution >= 4 is 31.4 Å². The zero-order valence-electron chi connectivity index (χ0n) is 21.8. The maximum atomic E-state index is 12.1. The Morgan fingerprint density at radius 2 is 0.744 bits per heavy atom. The number of rotatable bonds is 8. The molecule has 0 spiro atoms. The van der Waals surface area contributed by atoms with Crippen LogP contribution in [0.4, 0.5) is 11.4 Å². The van der Waals surface area contributed by atoms with Crippen LogP contribution in [0.25, 0.3) is 32.4 Å². The molecule has 0 N–H and O–H groups in total. The monoisotopic (exact) mass is 659 g/mol. The summed E-state index contributed by atoms with van der Waals surface area (Å²) in [5.74, 6) is 0.273. The Kier molecular flexibility index (Phi) is 10.0. The molecule has 12 nitrogen and oxygen atoms in total. The first-order valence-corrected chi connectivity index (χ1v) is 15.0. The molecule has 2 heterocycles. The molecule has 0 fully saturated rings. The summed E-state index contributed by atoms with van der Waals surface area (Å²) >= 11 is 0. The Bertz CT molecular complexity index is 1810. The van der Waals surface area contributed by atoms with Crippen LogP contribution in [-0.4, -0.2) is 37.2 Å². The average molecular weight is 660 g/mol. The summed E-state index contributed by atoms with van der Waals surface area (Å²) in [5, 5.41) is 13.6. The third-order valence-corrected chi connectivity index (χ3v) is 7.37. The summed E-state index contributed by atoms with van der Waals surface area (Å²) in [7, 11) is -8.03. The summed E-state index contributed by atoms with van der Waals surface area (Å²) in [6, 6.07) is 34.4. The molecule has 0 aliphatic rings. The first kappa shape index (κ1) is 31.1. The molecule has 4 aromatic carbocycles. The predicted octanol–water partition coefficient (Wildman–Crippen LogP) is 6.26. The van der Waals surface area contributed by atoms with E-state index in [1.54, 1.807) is 109 Å². The molecule has 0 bridgehead atoms. The van der Waals surface area contributed by atoms with E-state index < -0.39 is 30.5 Å². The molecule has 0 saturated carbocycles. The molecule has 219 valence electrons. The smallest absolute Gasteiger partial charge is 0.569 e. The maximum absolute atomic E-state index is 12.1. The van der Waals surface area contributed by atoms with Crippen molar-refractivity contribution in [1.82, 2.24) is 20.4 Å². The maximum Gasteiger partial charge on any atom is 2.00 e. The molecule has 0 unspecified atom stereocenters. The summed E-state index contributed by atoms with van der Waals surface area (Å²) < 4.78 is 66.0. The largest absolute Gasteiger partial charge is 2.00 e. The van der Waals surface area contributed by atoms with Crippen molar-refractivity contribution in [2.24, 2.45) is 0 Å². The van der Waals surface area contributed by atoms with Crippen molar-refractivity contribution in [3.63, 3.8) is 0 Å². The van der Waals surface area contributed by atoms with Crippen molar-refractivity contribution in [1.29, 1.82) is 0 Å². The van der Waals surface area contributed by atoms with E-state index in [1.165, 1.54) is 0 Å². The van der Waals surface area contributed by atoms with E-state index in [0.29, 0.717) is 22.5 Å². The molecule has 0 atom stereocenters. The minimum absolute atomic E-state index is 0. The minimum atomic E-state index is -4.02. The van der Waals surface area contributed by atoms with E-state index in [1.807, 2.05) is 12.1 Å². The number of aromatic nitrogens is 4. The summed E-state index contributed by atoms with van der Waals surface area (Å²) in [4.78, 5) is 0. The molecule has 6 aromatic rings. The fourth-order valence-corrected chi connectivity index (χ4v) is 4.97. The van der Waals surface area contributed by atoms with Crippen molar-refractivity contribution in [3.8, 4) is 22.9 Å². The van der Waals surface area contributed by atoms with Crippen molar-refractivity contribution < 1.29 is 42.4 Å². The van der Waals surface area contributed by atoms with Crippen LogP contribution in [0.5, 0.6) is 0 Å². The Labute approximate surface area is 257 Å². The van der Waals surface area contributed by atoms with Gasteiger partial charge in [0, 0.05) is 11.1 Å². The van der Waals surface area contributed by atoms with Gasteiger partial charge < -0.3 is 18.3 Å². The molecule has 0 aliphatic carbocycles. The quantitative estimate of drug-likeness (QED) is 0.181. The van der Waals surface area contributed by atoms with E-state index in [-0.39, 0.29) is 28.6 Å². The average Bonchev–Trinajstić information content (AvgIpc) is 3.71. The van der Waals surface area contributed by atoms with Crippen LogP contribution in [0.3, 0.4) is 0 Å². The summed E-state index contributed by atoms with van der Waals surface area (Å²) in [6.45, 7) is 0. The fraction of sp³-hybridized carbons (Fsp3) is 0. The molecule has 0 aliphatic heterocycles. The molecule has 0 amide bonds. The molecule has 2 aromatic heterocycles. The van der Waals surface area contributed by atoms with Gasteiger partial charge in [0.2, 0.25) is 11.8 Å². The standard InChI is InChI=1S/2C14H10N3O3S.Co/c2*18-21(19,17-12-9-5-2-6-10-12)14-16-15-13(20-14)11-7-3-1-4-8-11;/h2*1-10H;/q2*-1;+2. The molecule has 15 heteroatoms. The second-order valence-electron chi connectivity index (χ2n) is 8.28. The SMILES string of the molecule is O=S(=O)([N-]c1ccccc1)c1nnc(-c2ccccc2)o1.O=S(=O)([N-]c1ccccc1)c1nnc(-c2ccccc2)o1.[Co+2]. The van der Waals surface area contributed by atoms with Gasteiger partial charge in [-0.3, -0.25) is 0 Å². The van der Waals surface area contributed by atoms with Gasteiger partial charge >= 0.3 is 27.2 Å². The fourth-order valence-electron chi connectivity index (χ4n) is 3.36. The number of sulfonamides is 2. The van der Waals surface area contributed by atoms with Crippen molar-refractivity contribution in [2.45, 2.75) is 10.4 Å². The summed E-state index contributed by atoms with van der Waals surface area (Å²) in [6.07, 6.45) is 0. The number of benzene rings is 4. The van der Waals surface area contributed by atoms with Gasteiger partial charge in [-0.15, -0.1) is 21.6 Å². The third kappa shape index (κ3) is 8.14. The van der Waals surface area contributed by atoms with Crippen LogP contribution in [0.15, 0.2) is 141 Å². The van der Waals surface area contributed by atoms with Gasteiger partial charge in [-0.25, -0.2) is 16.8 Å². The molecule has 6 rings (SSSR count). The van der Waals surface area contributed by atoms with Crippen LogP contribution in [0, 0.1) is 0 Å². The second kappa shape index (κ2) is 13.9. The molecule has 1 radical (unpaired) electrons. The number of hydrogen-bond donors (Lipinski definition) is 0. The first-order valence-electron chi connectivity index (χ1n) is 12.1. The van der Waals surface area contributed by atoms with E-state index >= 15 is 0 Å². The van der Waals surface area contributed by atoms with Crippen LogP contribution in [0.2, 0.25) is 0 Å². The van der Waals surface area contributed by atoms with Crippen molar-refractivity contribution in [3.05, 3.63) is 131 Å². The Morgan fingerprint density at radius 3 is 1.07 bits per heavy atom. The zero-order valence-corrected chi connectivity index (χ0v) is 24.5. The third-order valence-electron chi connectivity index (χ3n) is 5.26. The van der Waals surface area contributed by atoms with Crippen molar-refractivity contribution in [2.75, 3.05) is 0 Å². The number of nitrogens with zero attached hydrogens (tertiary/aromatic N) is 6.